The fourth-order valence-corrected chi connectivity index (χ4v) is 0.734. The van der Waals surface area contributed by atoms with E-state index < -0.39 is 10.4 Å². The molecule has 15 heavy (non-hydrogen) atoms. The van der Waals surface area contributed by atoms with Crippen molar-refractivity contribution in [3.05, 3.63) is 24.8 Å². The van der Waals surface area contributed by atoms with Crippen molar-refractivity contribution in [3.63, 3.8) is 0 Å². The third kappa shape index (κ3) is 6.83. The van der Waals surface area contributed by atoms with Gasteiger partial charge in [0.1, 0.15) is 0 Å². The van der Waals surface area contributed by atoms with E-state index >= 15 is 0 Å². The van der Waals surface area contributed by atoms with Crippen molar-refractivity contribution in [1.82, 2.24) is 9.55 Å². The number of allylic oxidation sites excluding steroid dienone is 1. The van der Waals surface area contributed by atoms with Gasteiger partial charge in [0.25, 0.3) is 0 Å². The Labute approximate surface area is 89.5 Å². The lowest BCUT2D eigenvalue weighted by atomic mass is 10.7. The monoisotopic (exact) mass is 234 g/mol. The van der Waals surface area contributed by atoms with E-state index in [1.807, 2.05) is 30.0 Å². The molecule has 6 nitrogen and oxygen atoms in total. The van der Waals surface area contributed by atoms with E-state index in [-0.39, 0.29) is 0 Å². The van der Waals surface area contributed by atoms with Gasteiger partial charge in [-0.3, -0.25) is 8.37 Å². The maximum atomic E-state index is 9.92. The van der Waals surface area contributed by atoms with Gasteiger partial charge in [-0.05, 0) is 6.92 Å². The average molecular weight is 234 g/mol. The van der Waals surface area contributed by atoms with Gasteiger partial charge in [-0.2, -0.15) is 8.42 Å². The summed E-state index contributed by atoms with van der Waals surface area (Å²) in [7, 11) is -1.60. The molecule has 86 valence electrons. The van der Waals surface area contributed by atoms with E-state index in [2.05, 4.69) is 13.4 Å². The summed E-state index contributed by atoms with van der Waals surface area (Å²) < 4.78 is 29.4. The molecule has 0 aliphatic heterocycles. The summed E-state index contributed by atoms with van der Waals surface area (Å²) in [6, 6.07) is 0. The minimum Gasteiger partial charge on any atom is -0.313 e. The van der Waals surface area contributed by atoms with E-state index in [1.54, 1.807) is 12.5 Å². The highest BCUT2D eigenvalue weighted by Gasteiger charge is 2.01. The van der Waals surface area contributed by atoms with Crippen molar-refractivity contribution in [3.8, 4) is 0 Å². The Kier molecular flexibility index (Phi) is 6.59. The van der Waals surface area contributed by atoms with Gasteiger partial charge in [0.2, 0.25) is 0 Å². The van der Waals surface area contributed by atoms with Crippen LogP contribution in [0.15, 0.2) is 24.8 Å². The lowest BCUT2D eigenvalue weighted by molar-refractivity contribution is 0.286. The fraction of sp³-hybridized carbons (Fsp3) is 0.375. The molecule has 0 aromatic carbocycles. The molecule has 0 unspecified atom stereocenters. The van der Waals surface area contributed by atoms with Crippen LogP contribution in [0.25, 0.3) is 6.20 Å². The third-order valence-electron chi connectivity index (χ3n) is 1.25. The molecule has 0 fully saturated rings. The predicted octanol–water partition coefficient (Wildman–Crippen LogP) is 0.898. The van der Waals surface area contributed by atoms with Crippen molar-refractivity contribution in [2.24, 2.45) is 0 Å². The Morgan fingerprint density at radius 2 is 1.93 bits per heavy atom. The molecule has 0 amide bonds. The molecular weight excluding hydrogens is 220 g/mol. The molecule has 0 saturated carbocycles. The lowest BCUT2D eigenvalue weighted by Gasteiger charge is -1.91. The molecular formula is C8H14N2O4S. The minimum absolute atomic E-state index is 1.03. The van der Waals surface area contributed by atoms with Crippen LogP contribution in [0.1, 0.15) is 6.92 Å². The highest BCUT2D eigenvalue weighted by atomic mass is 32.3. The molecule has 0 aliphatic carbocycles. The minimum atomic E-state index is -3.66. The molecule has 1 aromatic rings. The SMILES string of the molecule is CC=Cn1ccnc1.COS(=O)(=O)OC. The Morgan fingerprint density at radius 1 is 1.33 bits per heavy atom. The first kappa shape index (κ1) is 13.8. The molecule has 0 radical (unpaired) electrons. The zero-order valence-corrected chi connectivity index (χ0v) is 9.64. The Hall–Kier alpha value is -1.18. The van der Waals surface area contributed by atoms with Crippen LogP contribution in [0.2, 0.25) is 0 Å². The van der Waals surface area contributed by atoms with Crippen LogP contribution in [0, 0.1) is 0 Å². The summed E-state index contributed by atoms with van der Waals surface area (Å²) in [5.41, 5.74) is 0. The topological polar surface area (TPSA) is 70.4 Å². The largest absolute Gasteiger partial charge is 0.399 e. The number of rotatable bonds is 3. The number of nitrogens with zero attached hydrogens (tertiary/aromatic N) is 2. The number of hydrogen-bond donors (Lipinski definition) is 0. The van der Waals surface area contributed by atoms with Gasteiger partial charge < -0.3 is 4.57 Å². The van der Waals surface area contributed by atoms with Crippen molar-refractivity contribution in [2.75, 3.05) is 14.2 Å². The van der Waals surface area contributed by atoms with Gasteiger partial charge in [0, 0.05) is 18.6 Å². The van der Waals surface area contributed by atoms with Crippen molar-refractivity contribution >= 4 is 16.6 Å². The molecule has 1 rings (SSSR count). The first-order valence-corrected chi connectivity index (χ1v) is 5.35. The quantitative estimate of drug-likeness (QED) is 0.777. The Balaban J connectivity index is 0.000000265. The molecule has 0 N–H and O–H groups in total. The van der Waals surface area contributed by atoms with Crippen LogP contribution in [-0.2, 0) is 18.8 Å². The predicted molar refractivity (Wildman–Crippen MR) is 56.2 cm³/mol. The van der Waals surface area contributed by atoms with Crippen LogP contribution >= 0.6 is 0 Å². The standard InChI is InChI=1S/C6H8N2.C2H6O4S/c1-2-4-8-5-3-7-6-8;1-5-7(3,4)6-2/h2-6H,1H3;1-2H3. The van der Waals surface area contributed by atoms with Gasteiger partial charge >= 0.3 is 10.4 Å². The van der Waals surface area contributed by atoms with Gasteiger partial charge in [-0.15, -0.1) is 0 Å². The summed E-state index contributed by atoms with van der Waals surface area (Å²) in [4.78, 5) is 3.85. The van der Waals surface area contributed by atoms with E-state index in [0.717, 1.165) is 14.2 Å². The second kappa shape index (κ2) is 7.16. The molecule has 0 bridgehead atoms. The molecule has 1 aromatic heterocycles. The van der Waals surface area contributed by atoms with Crippen molar-refractivity contribution in [2.45, 2.75) is 6.92 Å². The second-order valence-corrected chi connectivity index (χ2v) is 3.72. The van der Waals surface area contributed by atoms with Gasteiger partial charge in [-0.25, -0.2) is 4.98 Å². The summed E-state index contributed by atoms with van der Waals surface area (Å²) in [6.45, 7) is 1.97. The zero-order chi connectivity index (χ0) is 11.7. The highest BCUT2D eigenvalue weighted by molar-refractivity contribution is 7.81. The number of aromatic nitrogens is 2. The van der Waals surface area contributed by atoms with Crippen molar-refractivity contribution < 1.29 is 16.8 Å². The van der Waals surface area contributed by atoms with Crippen LogP contribution in [0.3, 0.4) is 0 Å². The Morgan fingerprint density at radius 3 is 2.20 bits per heavy atom. The molecule has 0 atom stereocenters. The van der Waals surface area contributed by atoms with Crippen LogP contribution in [-0.4, -0.2) is 32.2 Å². The molecule has 0 spiro atoms. The first-order chi connectivity index (χ1) is 7.05. The van der Waals surface area contributed by atoms with Crippen molar-refractivity contribution in [1.29, 1.82) is 0 Å². The second-order valence-electron chi connectivity index (χ2n) is 2.23. The summed E-state index contributed by atoms with van der Waals surface area (Å²) in [5, 5.41) is 0. The van der Waals surface area contributed by atoms with E-state index in [0.29, 0.717) is 0 Å². The van der Waals surface area contributed by atoms with E-state index in [1.165, 1.54) is 0 Å². The smallest absolute Gasteiger partial charge is 0.313 e. The van der Waals surface area contributed by atoms with E-state index in [9.17, 15) is 8.42 Å². The van der Waals surface area contributed by atoms with Crippen LogP contribution in [0.4, 0.5) is 0 Å². The first-order valence-electron chi connectivity index (χ1n) is 4.02. The van der Waals surface area contributed by atoms with Gasteiger partial charge in [-0.1, -0.05) is 6.08 Å². The maximum Gasteiger partial charge on any atom is 0.399 e. The summed E-state index contributed by atoms with van der Waals surface area (Å²) in [6.07, 6.45) is 9.29. The fourth-order valence-electron chi connectivity index (χ4n) is 0.598. The Bertz CT molecular complexity index is 359. The summed E-state index contributed by atoms with van der Waals surface area (Å²) in [5.74, 6) is 0. The average Bonchev–Trinajstić information content (AvgIpc) is 2.72. The number of imidazole rings is 1. The van der Waals surface area contributed by atoms with Crippen LogP contribution < -0.4 is 0 Å². The molecule has 0 saturated heterocycles. The van der Waals surface area contributed by atoms with Crippen LogP contribution in [0.5, 0.6) is 0 Å². The normalized spacial score (nSPS) is 11.1. The maximum absolute atomic E-state index is 9.92. The molecule has 7 heteroatoms. The lowest BCUT2D eigenvalue weighted by Crippen LogP contribution is -2.02. The molecule has 0 aliphatic rings. The summed E-state index contributed by atoms with van der Waals surface area (Å²) >= 11 is 0. The van der Waals surface area contributed by atoms with Gasteiger partial charge in [0.15, 0.2) is 0 Å². The highest BCUT2D eigenvalue weighted by Crippen LogP contribution is 1.86. The number of hydrogen-bond acceptors (Lipinski definition) is 5. The zero-order valence-electron chi connectivity index (χ0n) is 8.82. The third-order valence-corrected chi connectivity index (χ3v) is 2.07. The van der Waals surface area contributed by atoms with Gasteiger partial charge in [0.05, 0.1) is 20.5 Å². The van der Waals surface area contributed by atoms with E-state index in [4.69, 9.17) is 0 Å². The molecule has 1 heterocycles.